The molecular weight excluding hydrogens is 236 g/mol. The monoisotopic (exact) mass is 256 g/mol. The summed E-state index contributed by atoms with van der Waals surface area (Å²) >= 11 is 0. The fourth-order valence-corrected chi connectivity index (χ4v) is 2.60. The second-order valence-corrected chi connectivity index (χ2v) is 5.44. The summed E-state index contributed by atoms with van der Waals surface area (Å²) in [6.45, 7) is 6.21. The summed E-state index contributed by atoms with van der Waals surface area (Å²) in [4.78, 5) is 2.38. The van der Waals surface area contributed by atoms with E-state index in [4.69, 9.17) is 5.73 Å². The molecule has 0 radical (unpaired) electrons. The maximum Gasteiger partial charge on any atom is 0.0817 e. The first-order chi connectivity index (χ1) is 9.13. The highest BCUT2D eigenvalue weighted by Crippen LogP contribution is 2.30. The molecule has 0 saturated carbocycles. The van der Waals surface area contributed by atoms with Gasteiger partial charge in [0.25, 0.3) is 0 Å². The summed E-state index contributed by atoms with van der Waals surface area (Å²) in [7, 11) is 0. The molecule has 100 valence electrons. The molecule has 0 fully saturated rings. The van der Waals surface area contributed by atoms with Crippen molar-refractivity contribution in [2.75, 3.05) is 17.2 Å². The number of fused-ring (bicyclic) bond motifs is 1. The molecule has 19 heavy (non-hydrogen) atoms. The van der Waals surface area contributed by atoms with Crippen molar-refractivity contribution in [2.45, 2.75) is 32.9 Å². The molecule has 1 aliphatic heterocycles. The quantitative estimate of drug-likeness (QED) is 0.859. The molecule has 1 aromatic heterocycles. The number of nitrogens with two attached hydrogens (primary N) is 1. The standard InChI is InChI=1S/C15H20N4/c1-11(2)19-8-6-14(17-19)10-18-7-5-12-9-13(16)3-4-15(12)18/h3-4,6,8-9,11H,5,7,10,16H2,1-2H3. The third kappa shape index (κ3) is 2.30. The molecule has 2 heterocycles. The molecule has 1 aliphatic rings. The maximum absolute atomic E-state index is 5.83. The van der Waals surface area contributed by atoms with Crippen molar-refractivity contribution in [2.24, 2.45) is 0 Å². The lowest BCUT2D eigenvalue weighted by Crippen LogP contribution is -2.20. The van der Waals surface area contributed by atoms with Crippen molar-refractivity contribution < 1.29 is 0 Å². The average molecular weight is 256 g/mol. The van der Waals surface area contributed by atoms with Crippen LogP contribution in [-0.2, 0) is 13.0 Å². The summed E-state index contributed by atoms with van der Waals surface area (Å²) in [6, 6.07) is 8.71. The first-order valence-electron chi connectivity index (χ1n) is 6.81. The molecule has 0 spiro atoms. The molecule has 0 atom stereocenters. The lowest BCUT2D eigenvalue weighted by molar-refractivity contribution is 0.525. The predicted molar refractivity (Wildman–Crippen MR) is 78.2 cm³/mol. The Labute approximate surface area is 113 Å². The second kappa shape index (κ2) is 4.61. The summed E-state index contributed by atoms with van der Waals surface area (Å²) < 4.78 is 2.01. The molecule has 2 N–H and O–H groups in total. The van der Waals surface area contributed by atoms with Crippen molar-refractivity contribution in [1.82, 2.24) is 9.78 Å². The second-order valence-electron chi connectivity index (χ2n) is 5.44. The highest BCUT2D eigenvalue weighted by atomic mass is 15.3. The molecule has 4 nitrogen and oxygen atoms in total. The van der Waals surface area contributed by atoms with E-state index in [9.17, 15) is 0 Å². The van der Waals surface area contributed by atoms with Crippen LogP contribution >= 0.6 is 0 Å². The molecule has 0 amide bonds. The van der Waals surface area contributed by atoms with Crippen molar-refractivity contribution in [3.05, 3.63) is 41.7 Å². The van der Waals surface area contributed by atoms with Crippen LogP contribution in [0.1, 0.15) is 31.1 Å². The van der Waals surface area contributed by atoms with Crippen LogP contribution in [0.2, 0.25) is 0 Å². The van der Waals surface area contributed by atoms with Gasteiger partial charge in [-0.05, 0) is 50.1 Å². The number of benzene rings is 1. The van der Waals surface area contributed by atoms with Crippen LogP contribution in [0.25, 0.3) is 0 Å². The van der Waals surface area contributed by atoms with Gasteiger partial charge in [-0.15, -0.1) is 0 Å². The first kappa shape index (κ1) is 12.1. The van der Waals surface area contributed by atoms with E-state index in [0.29, 0.717) is 6.04 Å². The predicted octanol–water partition coefficient (Wildman–Crippen LogP) is 2.61. The van der Waals surface area contributed by atoms with Crippen LogP contribution in [0.3, 0.4) is 0 Å². The Bertz CT molecular complexity index is 586. The number of anilines is 2. The van der Waals surface area contributed by atoms with Crippen molar-refractivity contribution >= 4 is 11.4 Å². The molecule has 4 heteroatoms. The Morgan fingerprint density at radius 3 is 2.89 bits per heavy atom. The van der Waals surface area contributed by atoms with Crippen LogP contribution in [0, 0.1) is 0 Å². The van der Waals surface area contributed by atoms with Crippen LogP contribution in [0.5, 0.6) is 0 Å². The number of aromatic nitrogens is 2. The Balaban J connectivity index is 1.78. The lowest BCUT2D eigenvalue weighted by Gasteiger charge is -2.18. The molecule has 0 unspecified atom stereocenters. The summed E-state index contributed by atoms with van der Waals surface area (Å²) in [5.41, 5.74) is 10.5. The van der Waals surface area contributed by atoms with Crippen LogP contribution in [-0.4, -0.2) is 16.3 Å². The zero-order valence-electron chi connectivity index (χ0n) is 11.5. The Morgan fingerprint density at radius 1 is 1.32 bits per heavy atom. The van der Waals surface area contributed by atoms with Crippen LogP contribution < -0.4 is 10.6 Å². The zero-order chi connectivity index (χ0) is 13.4. The van der Waals surface area contributed by atoms with Gasteiger partial charge in [0.1, 0.15) is 0 Å². The van der Waals surface area contributed by atoms with Crippen LogP contribution in [0.4, 0.5) is 11.4 Å². The minimum Gasteiger partial charge on any atom is -0.399 e. The highest BCUT2D eigenvalue weighted by Gasteiger charge is 2.19. The third-order valence-corrected chi connectivity index (χ3v) is 3.64. The Hall–Kier alpha value is -1.97. The minimum atomic E-state index is 0.416. The summed E-state index contributed by atoms with van der Waals surface area (Å²) in [5, 5.41) is 4.61. The first-order valence-corrected chi connectivity index (χ1v) is 6.81. The van der Waals surface area contributed by atoms with E-state index in [1.54, 1.807) is 0 Å². The van der Waals surface area contributed by atoms with Gasteiger partial charge >= 0.3 is 0 Å². The third-order valence-electron chi connectivity index (χ3n) is 3.64. The van der Waals surface area contributed by atoms with E-state index < -0.39 is 0 Å². The number of nitrogens with zero attached hydrogens (tertiary/aromatic N) is 3. The van der Waals surface area contributed by atoms with Crippen molar-refractivity contribution in [1.29, 1.82) is 0 Å². The number of nitrogen functional groups attached to an aromatic ring is 1. The molecule has 0 aliphatic carbocycles. The molecule has 3 rings (SSSR count). The summed E-state index contributed by atoms with van der Waals surface area (Å²) in [5.74, 6) is 0. The van der Waals surface area contributed by atoms with Crippen molar-refractivity contribution in [3.8, 4) is 0 Å². The van der Waals surface area contributed by atoms with Gasteiger partial charge in [-0.25, -0.2) is 0 Å². The van der Waals surface area contributed by atoms with E-state index in [1.165, 1.54) is 11.3 Å². The summed E-state index contributed by atoms with van der Waals surface area (Å²) in [6.07, 6.45) is 3.13. The fourth-order valence-electron chi connectivity index (χ4n) is 2.60. The van der Waals surface area contributed by atoms with Gasteiger partial charge in [-0.1, -0.05) is 0 Å². The van der Waals surface area contributed by atoms with Gasteiger partial charge in [0.05, 0.1) is 12.2 Å². The van der Waals surface area contributed by atoms with Crippen molar-refractivity contribution in [3.63, 3.8) is 0 Å². The maximum atomic E-state index is 5.83. The molecule has 0 saturated heterocycles. The fraction of sp³-hybridized carbons (Fsp3) is 0.400. The molecule has 0 bridgehead atoms. The number of rotatable bonds is 3. The minimum absolute atomic E-state index is 0.416. The smallest absolute Gasteiger partial charge is 0.0817 e. The van der Waals surface area contributed by atoms with E-state index in [1.807, 2.05) is 10.7 Å². The van der Waals surface area contributed by atoms with Gasteiger partial charge < -0.3 is 10.6 Å². The SMILES string of the molecule is CC(C)n1ccc(CN2CCc3cc(N)ccc32)n1. The van der Waals surface area contributed by atoms with E-state index in [-0.39, 0.29) is 0 Å². The largest absolute Gasteiger partial charge is 0.399 e. The lowest BCUT2D eigenvalue weighted by atomic mass is 10.1. The molecule has 2 aromatic rings. The van der Waals surface area contributed by atoms with Gasteiger partial charge in [0.15, 0.2) is 0 Å². The number of hydrogen-bond acceptors (Lipinski definition) is 3. The normalized spacial score (nSPS) is 14.2. The van der Waals surface area contributed by atoms with Gasteiger partial charge in [-0.2, -0.15) is 5.10 Å². The van der Waals surface area contributed by atoms with E-state index in [0.717, 1.165) is 30.9 Å². The van der Waals surface area contributed by atoms with E-state index >= 15 is 0 Å². The number of hydrogen-bond donors (Lipinski definition) is 1. The van der Waals surface area contributed by atoms with Crippen LogP contribution in [0.15, 0.2) is 30.5 Å². The highest BCUT2D eigenvalue weighted by molar-refractivity contribution is 5.62. The average Bonchev–Trinajstić information content (AvgIpc) is 2.97. The zero-order valence-corrected chi connectivity index (χ0v) is 11.5. The van der Waals surface area contributed by atoms with Gasteiger partial charge in [0, 0.05) is 30.2 Å². The topological polar surface area (TPSA) is 47.1 Å². The Kier molecular flexibility index (Phi) is 2.93. The van der Waals surface area contributed by atoms with E-state index in [2.05, 4.69) is 48.2 Å². The molecule has 1 aromatic carbocycles. The molecular formula is C15H20N4. The van der Waals surface area contributed by atoms with Gasteiger partial charge in [-0.3, -0.25) is 4.68 Å². The Morgan fingerprint density at radius 2 is 2.16 bits per heavy atom. The van der Waals surface area contributed by atoms with Gasteiger partial charge in [0.2, 0.25) is 0 Å².